The molecule has 1 amide bonds. The summed E-state index contributed by atoms with van der Waals surface area (Å²) in [6, 6.07) is 21.3. The van der Waals surface area contributed by atoms with Gasteiger partial charge in [-0.1, -0.05) is 72.4 Å². The molecule has 8 heteroatoms. The minimum atomic E-state index is -0.456. The number of esters is 1. The van der Waals surface area contributed by atoms with Crippen molar-refractivity contribution < 1.29 is 14.3 Å². The number of anilines is 1. The highest BCUT2D eigenvalue weighted by Gasteiger charge is 2.25. The summed E-state index contributed by atoms with van der Waals surface area (Å²) in [7, 11) is 0. The molecule has 4 rings (SSSR count). The highest BCUT2D eigenvalue weighted by molar-refractivity contribution is 8.00. The number of thiophene rings is 1. The van der Waals surface area contributed by atoms with Gasteiger partial charge in [0.05, 0.1) is 17.6 Å². The van der Waals surface area contributed by atoms with Crippen molar-refractivity contribution in [1.82, 2.24) is 9.97 Å². The highest BCUT2D eigenvalue weighted by atomic mass is 32.2. The Morgan fingerprint density at radius 3 is 2.34 bits per heavy atom. The molecule has 0 aliphatic rings. The number of rotatable bonds is 8. The van der Waals surface area contributed by atoms with Gasteiger partial charge in [0.25, 0.3) is 0 Å². The second-order valence-corrected chi connectivity index (χ2v) is 9.93. The molecule has 0 bridgehead atoms. The Hall–Kier alpha value is -3.49. The lowest BCUT2D eigenvalue weighted by Gasteiger charge is -2.13. The number of amides is 1. The lowest BCUT2D eigenvalue weighted by Crippen LogP contribution is -2.23. The maximum absolute atomic E-state index is 13.1. The summed E-state index contributed by atoms with van der Waals surface area (Å²) in [5.41, 5.74) is 3.80. The Labute approximate surface area is 212 Å². The van der Waals surface area contributed by atoms with Crippen LogP contribution in [0, 0.1) is 6.92 Å². The van der Waals surface area contributed by atoms with E-state index in [0.29, 0.717) is 21.4 Å². The number of benzene rings is 2. The van der Waals surface area contributed by atoms with Gasteiger partial charge in [-0.2, -0.15) is 0 Å². The van der Waals surface area contributed by atoms with Crippen molar-refractivity contribution in [3.05, 3.63) is 83.5 Å². The van der Waals surface area contributed by atoms with E-state index in [2.05, 4.69) is 15.3 Å². The molecular weight excluding hydrogens is 478 g/mol. The first-order chi connectivity index (χ1) is 17.0. The number of thioether (sulfide) groups is 1. The molecule has 2 heterocycles. The predicted molar refractivity (Wildman–Crippen MR) is 142 cm³/mol. The summed E-state index contributed by atoms with van der Waals surface area (Å²) in [6.07, 6.45) is 0. The molecule has 35 heavy (non-hydrogen) atoms. The van der Waals surface area contributed by atoms with Crippen LogP contribution in [0.4, 0.5) is 5.00 Å². The van der Waals surface area contributed by atoms with Crippen molar-refractivity contribution in [1.29, 1.82) is 0 Å². The first-order valence-electron chi connectivity index (χ1n) is 11.2. The van der Waals surface area contributed by atoms with Crippen LogP contribution in [0.25, 0.3) is 22.4 Å². The monoisotopic (exact) mass is 503 g/mol. The Morgan fingerprint density at radius 2 is 1.69 bits per heavy atom. The number of nitrogens with one attached hydrogen (secondary N) is 1. The second-order valence-electron chi connectivity index (χ2n) is 7.69. The number of aromatic nitrogens is 2. The van der Waals surface area contributed by atoms with Gasteiger partial charge in [-0.05, 0) is 32.4 Å². The van der Waals surface area contributed by atoms with Crippen molar-refractivity contribution in [2.75, 3.05) is 11.9 Å². The van der Waals surface area contributed by atoms with Crippen LogP contribution in [0.1, 0.15) is 30.0 Å². The van der Waals surface area contributed by atoms with Crippen LogP contribution in [0.5, 0.6) is 0 Å². The summed E-state index contributed by atoms with van der Waals surface area (Å²) in [4.78, 5) is 34.9. The smallest absolute Gasteiger partial charge is 0.341 e. The van der Waals surface area contributed by atoms with E-state index < -0.39 is 11.2 Å². The van der Waals surface area contributed by atoms with Crippen molar-refractivity contribution in [2.24, 2.45) is 0 Å². The molecule has 1 N–H and O–H groups in total. The van der Waals surface area contributed by atoms with E-state index in [1.165, 1.54) is 23.1 Å². The van der Waals surface area contributed by atoms with Gasteiger partial charge in [-0.25, -0.2) is 14.8 Å². The number of carbonyl (C=O) groups excluding carboxylic acids is 2. The van der Waals surface area contributed by atoms with E-state index in [4.69, 9.17) is 4.74 Å². The molecule has 0 saturated heterocycles. The average Bonchev–Trinajstić information content (AvgIpc) is 3.28. The number of hydrogen-bond donors (Lipinski definition) is 1. The molecule has 0 saturated carbocycles. The maximum atomic E-state index is 13.1. The second kappa shape index (κ2) is 11.3. The van der Waals surface area contributed by atoms with Crippen LogP contribution in [-0.4, -0.2) is 33.7 Å². The molecule has 0 aliphatic heterocycles. The fourth-order valence-corrected chi connectivity index (χ4v) is 5.34. The van der Waals surface area contributed by atoms with Gasteiger partial charge in [-0.3, -0.25) is 4.79 Å². The van der Waals surface area contributed by atoms with Crippen LogP contribution >= 0.6 is 23.1 Å². The minimum absolute atomic E-state index is 0.223. The van der Waals surface area contributed by atoms with Crippen LogP contribution in [0.15, 0.2) is 77.1 Å². The van der Waals surface area contributed by atoms with Crippen LogP contribution < -0.4 is 5.32 Å². The van der Waals surface area contributed by atoms with E-state index in [-0.39, 0.29) is 12.5 Å². The lowest BCUT2D eigenvalue weighted by atomic mass is 10.0. The molecule has 0 aliphatic carbocycles. The third kappa shape index (κ3) is 5.96. The van der Waals surface area contributed by atoms with Gasteiger partial charge in [-0.15, -0.1) is 11.3 Å². The Bertz CT molecular complexity index is 1320. The number of aryl methyl sites for hydroxylation is 1. The zero-order valence-electron chi connectivity index (χ0n) is 19.6. The topological polar surface area (TPSA) is 81.2 Å². The first kappa shape index (κ1) is 24.6. The van der Waals surface area contributed by atoms with Crippen molar-refractivity contribution in [3.63, 3.8) is 0 Å². The normalized spacial score (nSPS) is 11.6. The summed E-state index contributed by atoms with van der Waals surface area (Å²) in [6.45, 7) is 5.66. The summed E-state index contributed by atoms with van der Waals surface area (Å²) in [5, 5.41) is 5.54. The molecule has 4 aromatic rings. The molecule has 178 valence electrons. The largest absolute Gasteiger partial charge is 0.462 e. The van der Waals surface area contributed by atoms with Gasteiger partial charge in [0.2, 0.25) is 5.91 Å². The zero-order chi connectivity index (χ0) is 24.8. The van der Waals surface area contributed by atoms with Crippen LogP contribution in [-0.2, 0) is 9.53 Å². The van der Waals surface area contributed by atoms with Crippen molar-refractivity contribution in [2.45, 2.75) is 31.0 Å². The van der Waals surface area contributed by atoms with Gasteiger partial charge < -0.3 is 10.1 Å². The van der Waals surface area contributed by atoms with E-state index in [1.54, 1.807) is 6.92 Å². The highest BCUT2D eigenvalue weighted by Crippen LogP contribution is 2.37. The fourth-order valence-electron chi connectivity index (χ4n) is 3.49. The quantitative estimate of drug-likeness (QED) is 0.168. The van der Waals surface area contributed by atoms with Gasteiger partial charge >= 0.3 is 5.97 Å². The van der Waals surface area contributed by atoms with Crippen molar-refractivity contribution >= 4 is 40.0 Å². The molecular formula is C27H25N3O3S2. The predicted octanol–water partition coefficient (Wildman–Crippen LogP) is 6.48. The first-order valence-corrected chi connectivity index (χ1v) is 12.9. The number of hydrogen-bond acceptors (Lipinski definition) is 7. The van der Waals surface area contributed by atoms with Gasteiger partial charge in [0, 0.05) is 16.5 Å². The summed E-state index contributed by atoms with van der Waals surface area (Å²) >= 11 is 2.66. The zero-order valence-corrected chi connectivity index (χ0v) is 21.3. The van der Waals surface area contributed by atoms with E-state index in [9.17, 15) is 9.59 Å². The molecule has 1 atom stereocenters. The number of carbonyl (C=O) groups is 2. The molecule has 2 aromatic carbocycles. The fraction of sp³-hybridized carbons (Fsp3) is 0.185. The van der Waals surface area contributed by atoms with Crippen LogP contribution in [0.3, 0.4) is 0 Å². The Kier molecular flexibility index (Phi) is 7.94. The molecule has 0 spiro atoms. The lowest BCUT2D eigenvalue weighted by molar-refractivity contribution is -0.115. The molecule has 6 nitrogen and oxygen atoms in total. The van der Waals surface area contributed by atoms with Gasteiger partial charge in [0.15, 0.2) is 0 Å². The molecule has 0 fully saturated rings. The minimum Gasteiger partial charge on any atom is -0.462 e. The van der Waals surface area contributed by atoms with E-state index in [0.717, 1.165) is 22.4 Å². The third-order valence-corrected chi connectivity index (χ3v) is 7.06. The number of ether oxygens (including phenoxy) is 1. The average molecular weight is 504 g/mol. The van der Waals surface area contributed by atoms with E-state index >= 15 is 0 Å². The molecule has 0 radical (unpaired) electrons. The molecule has 1 unspecified atom stereocenters. The maximum Gasteiger partial charge on any atom is 0.341 e. The Balaban J connectivity index is 1.55. The summed E-state index contributed by atoms with van der Waals surface area (Å²) < 4.78 is 5.29. The Morgan fingerprint density at radius 1 is 1.03 bits per heavy atom. The van der Waals surface area contributed by atoms with E-state index in [1.807, 2.05) is 86.0 Å². The third-order valence-electron chi connectivity index (χ3n) is 5.14. The molecule has 2 aromatic heterocycles. The SMILES string of the molecule is CCOC(=O)c1c(-c2ccccc2)csc1NC(=O)C(C)Sc1cc(-c2ccccc2)nc(C)n1. The van der Waals surface area contributed by atoms with Gasteiger partial charge in [0.1, 0.15) is 21.4 Å². The number of nitrogens with zero attached hydrogens (tertiary/aromatic N) is 2. The van der Waals surface area contributed by atoms with Crippen LogP contribution in [0.2, 0.25) is 0 Å². The summed E-state index contributed by atoms with van der Waals surface area (Å²) in [5.74, 6) is -0.0431. The van der Waals surface area contributed by atoms with Crippen molar-refractivity contribution in [3.8, 4) is 22.4 Å². The standard InChI is InChI=1S/C27H25N3O3S2/c1-4-33-27(32)24-21(19-11-7-5-8-12-19)16-34-26(24)30-25(31)17(2)35-23-15-22(28-18(3)29-23)20-13-9-6-10-14-20/h5-17H,4H2,1-3H3,(H,30,31).